The highest BCUT2D eigenvalue weighted by atomic mass is 16.5. The molecule has 1 aromatic carbocycles. The molecule has 110 valence electrons. The lowest BCUT2D eigenvalue weighted by Gasteiger charge is -2.03. The number of carbonyl (C=O) groups is 2. The van der Waals surface area contributed by atoms with Gasteiger partial charge in [-0.1, -0.05) is 22.9 Å². The van der Waals surface area contributed by atoms with Crippen molar-refractivity contribution >= 4 is 17.6 Å². The molecule has 1 amide bonds. The third kappa shape index (κ3) is 4.72. The maximum Gasteiger partial charge on any atom is 0.303 e. The molecule has 0 atom stereocenters. The Kier molecular flexibility index (Phi) is 4.65. The third-order valence-corrected chi connectivity index (χ3v) is 2.72. The summed E-state index contributed by atoms with van der Waals surface area (Å²) >= 11 is 0. The molecule has 7 heteroatoms. The van der Waals surface area contributed by atoms with Gasteiger partial charge >= 0.3 is 5.97 Å². The smallest absolute Gasteiger partial charge is 0.303 e. The third-order valence-electron chi connectivity index (χ3n) is 2.72. The van der Waals surface area contributed by atoms with Crippen molar-refractivity contribution in [2.45, 2.75) is 26.2 Å². The Morgan fingerprint density at radius 1 is 1.29 bits per heavy atom. The quantitative estimate of drug-likeness (QED) is 0.836. The number of anilines is 1. The lowest BCUT2D eigenvalue weighted by molar-refractivity contribution is -0.137. The first-order valence-corrected chi connectivity index (χ1v) is 6.42. The number of aromatic nitrogens is 2. The van der Waals surface area contributed by atoms with Gasteiger partial charge in [-0.3, -0.25) is 9.59 Å². The van der Waals surface area contributed by atoms with Gasteiger partial charge in [-0.05, 0) is 19.1 Å². The van der Waals surface area contributed by atoms with E-state index in [1.165, 1.54) is 0 Å². The Bertz CT molecular complexity index is 634. The van der Waals surface area contributed by atoms with Crippen LogP contribution in [0.4, 0.5) is 5.69 Å². The van der Waals surface area contributed by atoms with Crippen molar-refractivity contribution in [2.24, 2.45) is 0 Å². The van der Waals surface area contributed by atoms with Crippen molar-refractivity contribution in [1.82, 2.24) is 10.1 Å². The summed E-state index contributed by atoms with van der Waals surface area (Å²) in [5.41, 5.74) is 1.80. The molecule has 0 fully saturated rings. The van der Waals surface area contributed by atoms with Gasteiger partial charge in [0.05, 0.1) is 12.8 Å². The van der Waals surface area contributed by atoms with Gasteiger partial charge in [0.2, 0.25) is 11.8 Å². The maximum atomic E-state index is 11.8. The molecule has 0 aliphatic carbocycles. The van der Waals surface area contributed by atoms with Crippen LogP contribution >= 0.6 is 0 Å². The summed E-state index contributed by atoms with van der Waals surface area (Å²) < 4.78 is 4.88. The molecule has 0 bridgehead atoms. The minimum Gasteiger partial charge on any atom is -0.481 e. The normalized spacial score (nSPS) is 10.3. The van der Waals surface area contributed by atoms with Gasteiger partial charge in [-0.25, -0.2) is 0 Å². The van der Waals surface area contributed by atoms with Gasteiger partial charge in [0.1, 0.15) is 0 Å². The molecule has 2 N–H and O–H groups in total. The fraction of sp³-hybridized carbons (Fsp3) is 0.286. The molecule has 0 aliphatic heterocycles. The number of aliphatic carboxylic acids is 1. The van der Waals surface area contributed by atoms with Crippen molar-refractivity contribution < 1.29 is 19.2 Å². The largest absolute Gasteiger partial charge is 0.481 e. The van der Waals surface area contributed by atoms with E-state index in [1.807, 2.05) is 31.2 Å². The van der Waals surface area contributed by atoms with Crippen LogP contribution in [0.2, 0.25) is 0 Å². The Hall–Kier alpha value is -2.70. The van der Waals surface area contributed by atoms with Crippen molar-refractivity contribution in [1.29, 1.82) is 0 Å². The molecule has 0 saturated heterocycles. The average molecular weight is 289 g/mol. The summed E-state index contributed by atoms with van der Waals surface area (Å²) in [6.45, 7) is 1.96. The second-order valence-electron chi connectivity index (χ2n) is 4.59. The fourth-order valence-electron chi connectivity index (χ4n) is 1.66. The number of nitrogens with zero attached hydrogens (tertiary/aromatic N) is 2. The molecule has 1 aromatic heterocycles. The topological polar surface area (TPSA) is 105 Å². The SMILES string of the molecule is Cc1ccc(NC(=O)Cc2noc(CCC(=O)O)n2)cc1. The summed E-state index contributed by atoms with van der Waals surface area (Å²) in [7, 11) is 0. The number of carboxylic acids is 1. The first-order valence-electron chi connectivity index (χ1n) is 6.42. The summed E-state index contributed by atoms with van der Waals surface area (Å²) in [4.78, 5) is 26.2. The summed E-state index contributed by atoms with van der Waals surface area (Å²) in [5.74, 6) is -0.744. The molecule has 0 saturated carbocycles. The number of hydrogen-bond acceptors (Lipinski definition) is 5. The van der Waals surface area contributed by atoms with Crippen LogP contribution in [0.25, 0.3) is 0 Å². The van der Waals surface area contributed by atoms with Crippen LogP contribution in [0.1, 0.15) is 23.7 Å². The van der Waals surface area contributed by atoms with Gasteiger partial charge in [-0.15, -0.1) is 0 Å². The van der Waals surface area contributed by atoms with E-state index in [0.717, 1.165) is 5.56 Å². The molecule has 0 aliphatic rings. The van der Waals surface area contributed by atoms with E-state index in [2.05, 4.69) is 15.5 Å². The molecule has 0 unspecified atom stereocenters. The van der Waals surface area contributed by atoms with Gasteiger partial charge in [0.15, 0.2) is 5.82 Å². The van der Waals surface area contributed by atoms with Crippen LogP contribution in [-0.4, -0.2) is 27.1 Å². The number of hydrogen-bond donors (Lipinski definition) is 2. The highest BCUT2D eigenvalue weighted by molar-refractivity contribution is 5.91. The van der Waals surface area contributed by atoms with Crippen LogP contribution in [0.15, 0.2) is 28.8 Å². The summed E-state index contributed by atoms with van der Waals surface area (Å²) in [5, 5.41) is 14.9. The van der Waals surface area contributed by atoms with E-state index in [0.29, 0.717) is 5.69 Å². The van der Waals surface area contributed by atoms with E-state index < -0.39 is 5.97 Å². The van der Waals surface area contributed by atoms with E-state index in [9.17, 15) is 9.59 Å². The number of aryl methyl sites for hydroxylation is 2. The van der Waals surface area contributed by atoms with Crippen molar-refractivity contribution in [3.8, 4) is 0 Å². The fourth-order valence-corrected chi connectivity index (χ4v) is 1.66. The predicted molar refractivity (Wildman–Crippen MR) is 73.8 cm³/mol. The molecular formula is C14H15N3O4. The number of benzene rings is 1. The molecule has 7 nitrogen and oxygen atoms in total. The second-order valence-corrected chi connectivity index (χ2v) is 4.59. The molecule has 1 heterocycles. The minimum atomic E-state index is -0.938. The van der Waals surface area contributed by atoms with Crippen LogP contribution < -0.4 is 5.32 Å². The standard InChI is InChI=1S/C14H15N3O4/c1-9-2-4-10(5-3-9)15-12(18)8-11-16-13(21-17-11)6-7-14(19)20/h2-5H,6-8H2,1H3,(H,15,18)(H,19,20). The Labute approximate surface area is 121 Å². The zero-order chi connectivity index (χ0) is 15.2. The zero-order valence-corrected chi connectivity index (χ0v) is 11.5. The monoisotopic (exact) mass is 289 g/mol. The van der Waals surface area contributed by atoms with Crippen molar-refractivity contribution in [3.63, 3.8) is 0 Å². The average Bonchev–Trinajstić information content (AvgIpc) is 2.86. The molecule has 2 aromatic rings. The number of carbonyl (C=O) groups excluding carboxylic acids is 1. The lowest BCUT2D eigenvalue weighted by Crippen LogP contribution is -2.15. The first-order chi connectivity index (χ1) is 10.0. The number of amides is 1. The van der Waals surface area contributed by atoms with Crippen LogP contribution in [0.3, 0.4) is 0 Å². The van der Waals surface area contributed by atoms with E-state index in [4.69, 9.17) is 9.63 Å². The molecule has 0 spiro atoms. The second kappa shape index (κ2) is 6.65. The molecule has 2 rings (SSSR count). The highest BCUT2D eigenvalue weighted by Gasteiger charge is 2.12. The molecular weight excluding hydrogens is 274 g/mol. The van der Waals surface area contributed by atoms with E-state index >= 15 is 0 Å². The molecule has 0 radical (unpaired) electrons. The van der Waals surface area contributed by atoms with E-state index in [1.54, 1.807) is 0 Å². The van der Waals surface area contributed by atoms with Crippen LogP contribution in [-0.2, 0) is 22.4 Å². The number of rotatable bonds is 6. The first kappa shape index (κ1) is 14.7. The van der Waals surface area contributed by atoms with E-state index in [-0.39, 0.29) is 36.9 Å². The number of carboxylic acid groups (broad SMARTS) is 1. The summed E-state index contributed by atoms with van der Waals surface area (Å²) in [6, 6.07) is 7.41. The Morgan fingerprint density at radius 3 is 2.67 bits per heavy atom. The molecule has 21 heavy (non-hydrogen) atoms. The van der Waals surface area contributed by atoms with Gasteiger partial charge < -0.3 is 14.9 Å². The van der Waals surface area contributed by atoms with Gasteiger partial charge in [-0.2, -0.15) is 4.98 Å². The van der Waals surface area contributed by atoms with Gasteiger partial charge in [0, 0.05) is 12.1 Å². The van der Waals surface area contributed by atoms with Crippen molar-refractivity contribution in [2.75, 3.05) is 5.32 Å². The minimum absolute atomic E-state index is 0.0234. The zero-order valence-electron chi connectivity index (χ0n) is 11.5. The summed E-state index contributed by atoms with van der Waals surface area (Å²) in [6.07, 6.45) is 0.0452. The Morgan fingerprint density at radius 2 is 2.00 bits per heavy atom. The lowest BCUT2D eigenvalue weighted by atomic mass is 10.2. The number of nitrogens with one attached hydrogen (secondary N) is 1. The Balaban J connectivity index is 1.87. The van der Waals surface area contributed by atoms with Crippen LogP contribution in [0.5, 0.6) is 0 Å². The highest BCUT2D eigenvalue weighted by Crippen LogP contribution is 2.09. The van der Waals surface area contributed by atoms with Gasteiger partial charge in [0.25, 0.3) is 0 Å². The van der Waals surface area contributed by atoms with Crippen molar-refractivity contribution in [3.05, 3.63) is 41.5 Å². The maximum absolute atomic E-state index is 11.8. The predicted octanol–water partition coefficient (Wildman–Crippen LogP) is 1.58. The van der Waals surface area contributed by atoms with Crippen LogP contribution in [0, 0.1) is 6.92 Å².